The number of rotatable bonds is 9. The topological polar surface area (TPSA) is 95.6 Å². The van der Waals surface area contributed by atoms with Crippen molar-refractivity contribution in [2.45, 2.75) is 31.7 Å². The zero-order chi connectivity index (χ0) is 28.0. The van der Waals surface area contributed by atoms with Gasteiger partial charge in [0.25, 0.3) is 15.9 Å². The third kappa shape index (κ3) is 6.72. The largest absolute Gasteiger partial charge is 0.345 e. The zero-order valence-electron chi connectivity index (χ0n) is 22.1. The van der Waals surface area contributed by atoms with E-state index in [2.05, 4.69) is 10.6 Å². The SMILES string of the molecule is Cc1ccc(N(CC(=O)Nc2ccccc2C(=O)N[C@H](C)c2ccccc2)S(=O)(=O)c2ccc(C)cc2)cc1. The summed E-state index contributed by atoms with van der Waals surface area (Å²) in [5, 5.41) is 5.69. The van der Waals surface area contributed by atoms with Gasteiger partial charge in [-0.2, -0.15) is 0 Å². The van der Waals surface area contributed by atoms with Crippen LogP contribution < -0.4 is 14.9 Å². The molecule has 0 radical (unpaired) electrons. The lowest BCUT2D eigenvalue weighted by molar-refractivity contribution is -0.114. The Kier molecular flexibility index (Phi) is 8.46. The van der Waals surface area contributed by atoms with Crippen molar-refractivity contribution in [3.8, 4) is 0 Å². The maximum Gasteiger partial charge on any atom is 0.264 e. The lowest BCUT2D eigenvalue weighted by Gasteiger charge is -2.24. The van der Waals surface area contributed by atoms with Crippen LogP contribution in [0.4, 0.5) is 11.4 Å². The maximum atomic E-state index is 13.6. The highest BCUT2D eigenvalue weighted by molar-refractivity contribution is 7.92. The number of nitrogens with one attached hydrogen (secondary N) is 2. The predicted octanol–water partition coefficient (Wildman–Crippen LogP) is 5.63. The van der Waals surface area contributed by atoms with Gasteiger partial charge in [-0.15, -0.1) is 0 Å². The molecule has 0 aliphatic carbocycles. The molecule has 4 aromatic carbocycles. The lowest BCUT2D eigenvalue weighted by atomic mass is 10.1. The van der Waals surface area contributed by atoms with Crippen LogP contribution in [0, 0.1) is 13.8 Å². The van der Waals surface area contributed by atoms with Crippen LogP contribution in [-0.2, 0) is 14.8 Å². The highest BCUT2D eigenvalue weighted by atomic mass is 32.2. The first-order valence-corrected chi connectivity index (χ1v) is 14.0. The first-order chi connectivity index (χ1) is 18.6. The van der Waals surface area contributed by atoms with E-state index >= 15 is 0 Å². The van der Waals surface area contributed by atoms with E-state index in [4.69, 9.17) is 0 Å². The van der Waals surface area contributed by atoms with Crippen molar-refractivity contribution in [1.29, 1.82) is 0 Å². The summed E-state index contributed by atoms with van der Waals surface area (Å²) in [6, 6.07) is 29.3. The van der Waals surface area contributed by atoms with E-state index in [0.717, 1.165) is 21.0 Å². The number of para-hydroxylation sites is 1. The standard InChI is InChI=1S/C31H31N3O4S/c1-22-13-17-26(18-14-22)34(39(37,38)27-19-15-23(2)16-20-27)21-30(35)33-29-12-8-7-11-28(29)31(36)32-24(3)25-9-5-4-6-10-25/h4-20,24H,21H2,1-3H3,(H,32,36)(H,33,35)/t24-/m1/s1. The van der Waals surface area contributed by atoms with Gasteiger partial charge in [0.15, 0.2) is 0 Å². The normalized spacial score (nSPS) is 11.9. The summed E-state index contributed by atoms with van der Waals surface area (Å²) in [6.45, 7) is 5.17. The fraction of sp³-hybridized carbons (Fsp3) is 0.161. The molecule has 0 saturated carbocycles. The molecule has 0 saturated heterocycles. The molecule has 7 nitrogen and oxygen atoms in total. The van der Waals surface area contributed by atoms with Crippen molar-refractivity contribution in [1.82, 2.24) is 5.32 Å². The van der Waals surface area contributed by atoms with Crippen LogP contribution in [-0.4, -0.2) is 26.8 Å². The Hall–Kier alpha value is -4.43. The first kappa shape index (κ1) is 27.6. The average molecular weight is 542 g/mol. The second kappa shape index (κ2) is 12.0. The number of amides is 2. The monoisotopic (exact) mass is 541 g/mol. The van der Waals surface area contributed by atoms with Crippen LogP contribution in [0.5, 0.6) is 0 Å². The van der Waals surface area contributed by atoms with Crippen LogP contribution in [0.2, 0.25) is 0 Å². The van der Waals surface area contributed by atoms with Gasteiger partial charge in [-0.3, -0.25) is 13.9 Å². The number of anilines is 2. The Morgan fingerprint density at radius 3 is 1.97 bits per heavy atom. The summed E-state index contributed by atoms with van der Waals surface area (Å²) in [5.74, 6) is -0.937. The predicted molar refractivity (Wildman–Crippen MR) is 154 cm³/mol. The van der Waals surface area contributed by atoms with E-state index in [-0.39, 0.29) is 28.1 Å². The fourth-order valence-electron chi connectivity index (χ4n) is 4.07. The molecule has 4 rings (SSSR count). The Labute approximate surface area is 229 Å². The second-order valence-corrected chi connectivity index (χ2v) is 11.2. The summed E-state index contributed by atoms with van der Waals surface area (Å²) in [4.78, 5) is 26.5. The minimum Gasteiger partial charge on any atom is -0.345 e. The molecule has 2 N–H and O–H groups in total. The number of sulfonamides is 1. The lowest BCUT2D eigenvalue weighted by Crippen LogP contribution is -2.38. The van der Waals surface area contributed by atoms with Gasteiger partial charge in [0.1, 0.15) is 6.54 Å². The minimum absolute atomic E-state index is 0.0798. The van der Waals surface area contributed by atoms with Gasteiger partial charge in [-0.05, 0) is 62.7 Å². The van der Waals surface area contributed by atoms with E-state index < -0.39 is 22.5 Å². The van der Waals surface area contributed by atoms with Crippen molar-refractivity contribution in [2.24, 2.45) is 0 Å². The molecule has 0 aromatic heterocycles. The molecule has 2 amide bonds. The third-order valence-electron chi connectivity index (χ3n) is 6.31. The van der Waals surface area contributed by atoms with Gasteiger partial charge in [-0.25, -0.2) is 8.42 Å². The molecule has 0 fully saturated rings. The van der Waals surface area contributed by atoms with E-state index in [1.165, 1.54) is 12.1 Å². The summed E-state index contributed by atoms with van der Waals surface area (Å²) in [6.07, 6.45) is 0. The first-order valence-electron chi connectivity index (χ1n) is 12.6. The van der Waals surface area contributed by atoms with Crippen LogP contribution in [0.15, 0.2) is 108 Å². The van der Waals surface area contributed by atoms with Gasteiger partial charge in [-0.1, -0.05) is 77.9 Å². The quantitative estimate of drug-likeness (QED) is 0.287. The second-order valence-electron chi connectivity index (χ2n) is 9.36. The van der Waals surface area contributed by atoms with Gasteiger partial charge in [0, 0.05) is 0 Å². The summed E-state index contributed by atoms with van der Waals surface area (Å²) >= 11 is 0. The van der Waals surface area contributed by atoms with E-state index in [0.29, 0.717) is 5.69 Å². The highest BCUT2D eigenvalue weighted by Crippen LogP contribution is 2.25. The molecule has 4 aromatic rings. The smallest absolute Gasteiger partial charge is 0.264 e. The number of carbonyl (C=O) groups excluding carboxylic acids is 2. The Morgan fingerprint density at radius 2 is 1.33 bits per heavy atom. The highest BCUT2D eigenvalue weighted by Gasteiger charge is 2.28. The summed E-state index contributed by atoms with van der Waals surface area (Å²) in [5.41, 5.74) is 3.75. The molecule has 8 heteroatoms. The van der Waals surface area contributed by atoms with Crippen molar-refractivity contribution < 1.29 is 18.0 Å². The molecule has 200 valence electrons. The molecule has 0 heterocycles. The molecule has 1 atom stereocenters. The van der Waals surface area contributed by atoms with Gasteiger partial charge >= 0.3 is 0 Å². The van der Waals surface area contributed by atoms with Crippen molar-refractivity contribution in [3.63, 3.8) is 0 Å². The third-order valence-corrected chi connectivity index (χ3v) is 8.10. The Bertz CT molecular complexity index is 1550. The maximum absolute atomic E-state index is 13.6. The zero-order valence-corrected chi connectivity index (χ0v) is 22.9. The fourth-order valence-corrected chi connectivity index (χ4v) is 5.49. The molecule has 0 unspecified atom stereocenters. The average Bonchev–Trinajstić information content (AvgIpc) is 2.93. The molecular formula is C31H31N3O4S. The van der Waals surface area contributed by atoms with Crippen molar-refractivity contribution in [2.75, 3.05) is 16.2 Å². The number of carbonyl (C=O) groups is 2. The molecule has 0 spiro atoms. The molecule has 0 aliphatic heterocycles. The molecule has 0 bridgehead atoms. The van der Waals surface area contributed by atoms with E-state index in [1.807, 2.05) is 51.1 Å². The van der Waals surface area contributed by atoms with Gasteiger partial charge in [0.2, 0.25) is 5.91 Å². The number of aryl methyl sites for hydroxylation is 2. The Balaban J connectivity index is 1.57. The van der Waals surface area contributed by atoms with Crippen molar-refractivity contribution >= 4 is 33.2 Å². The molecule has 0 aliphatic rings. The number of nitrogens with zero attached hydrogens (tertiary/aromatic N) is 1. The van der Waals surface area contributed by atoms with Crippen LogP contribution in [0.3, 0.4) is 0 Å². The number of hydrogen-bond acceptors (Lipinski definition) is 4. The van der Waals surface area contributed by atoms with E-state index in [9.17, 15) is 18.0 Å². The number of benzene rings is 4. The summed E-state index contributed by atoms with van der Waals surface area (Å²) in [7, 11) is -4.05. The Morgan fingerprint density at radius 1 is 0.769 bits per heavy atom. The van der Waals surface area contributed by atoms with Gasteiger partial charge in [0.05, 0.1) is 27.9 Å². The van der Waals surface area contributed by atoms with E-state index in [1.54, 1.807) is 60.7 Å². The van der Waals surface area contributed by atoms with Crippen molar-refractivity contribution in [3.05, 3.63) is 125 Å². The molecular weight excluding hydrogens is 510 g/mol. The van der Waals surface area contributed by atoms with Crippen LogP contribution in [0.25, 0.3) is 0 Å². The number of hydrogen-bond donors (Lipinski definition) is 2. The minimum atomic E-state index is -4.05. The molecule has 39 heavy (non-hydrogen) atoms. The van der Waals surface area contributed by atoms with Gasteiger partial charge < -0.3 is 10.6 Å². The summed E-state index contributed by atoms with van der Waals surface area (Å²) < 4.78 is 28.3. The van der Waals surface area contributed by atoms with Crippen LogP contribution >= 0.6 is 0 Å². The van der Waals surface area contributed by atoms with Crippen LogP contribution in [0.1, 0.15) is 40.0 Å².